The number of ether oxygens (including phenoxy) is 3. The molecule has 0 amide bonds. The monoisotopic (exact) mass is 493 g/mol. The van der Waals surface area contributed by atoms with Gasteiger partial charge < -0.3 is 19.3 Å². The van der Waals surface area contributed by atoms with E-state index in [2.05, 4.69) is 5.32 Å². The van der Waals surface area contributed by atoms with Crippen LogP contribution >= 0.6 is 0 Å². The minimum Gasteiger partial charge on any atom is -0.477 e. The number of aliphatic carboxylic acids is 1. The summed E-state index contributed by atoms with van der Waals surface area (Å²) in [6.07, 6.45) is 2.60. The van der Waals surface area contributed by atoms with Gasteiger partial charge in [-0.1, -0.05) is 46.6 Å². The van der Waals surface area contributed by atoms with Crippen LogP contribution in [0, 0.1) is 11.8 Å². The maximum Gasteiger partial charge on any atom is 0.364 e. The number of carbonyl (C=O) groups is 4. The van der Waals surface area contributed by atoms with E-state index in [9.17, 15) is 24.3 Å². The Balaban J connectivity index is 3.42. The third-order valence-corrected chi connectivity index (χ3v) is 5.32. The summed E-state index contributed by atoms with van der Waals surface area (Å²) in [7, 11) is 0. The fourth-order valence-electron chi connectivity index (χ4n) is 3.64. The molecule has 0 heterocycles. The highest BCUT2D eigenvalue weighted by atomic mass is 16.6. The molecule has 0 aliphatic rings. The second-order valence-electron chi connectivity index (χ2n) is 9.20. The van der Waals surface area contributed by atoms with E-state index in [0.717, 1.165) is 19.8 Å². The van der Waals surface area contributed by atoms with Gasteiger partial charge in [-0.25, -0.2) is 4.79 Å². The van der Waals surface area contributed by atoms with Gasteiger partial charge in [-0.3, -0.25) is 19.7 Å². The molecule has 0 radical (unpaired) electrons. The summed E-state index contributed by atoms with van der Waals surface area (Å²) in [4.78, 5) is 49.0. The van der Waals surface area contributed by atoms with E-state index >= 15 is 0 Å². The number of esters is 3. The third kappa shape index (κ3) is 9.32. The van der Waals surface area contributed by atoms with Gasteiger partial charge in [-0.15, -0.1) is 0 Å². The van der Waals surface area contributed by atoms with Gasteiger partial charge in [0.25, 0.3) is 5.72 Å². The van der Waals surface area contributed by atoms with Gasteiger partial charge in [0.15, 0.2) is 11.5 Å². The van der Waals surface area contributed by atoms with Crippen LogP contribution in [0.15, 0.2) is 18.2 Å². The van der Waals surface area contributed by atoms with Crippen molar-refractivity contribution in [3.05, 3.63) is 23.8 Å². The summed E-state index contributed by atoms with van der Waals surface area (Å²) in [6.45, 7) is 12.0. The molecular formula is C26H39NO8. The predicted molar refractivity (Wildman–Crippen MR) is 130 cm³/mol. The van der Waals surface area contributed by atoms with Gasteiger partial charge in [-0.05, 0) is 44.4 Å². The molecule has 9 nitrogen and oxygen atoms in total. The Morgan fingerprint density at radius 3 is 1.86 bits per heavy atom. The quantitative estimate of drug-likeness (QED) is 0.222. The van der Waals surface area contributed by atoms with Crippen molar-refractivity contribution in [3.63, 3.8) is 0 Å². The summed E-state index contributed by atoms with van der Waals surface area (Å²) in [5, 5.41) is 12.7. The van der Waals surface area contributed by atoms with Crippen LogP contribution < -0.4 is 14.8 Å². The molecule has 2 unspecified atom stereocenters. The van der Waals surface area contributed by atoms with Gasteiger partial charge in [0, 0.05) is 19.4 Å². The first kappa shape index (κ1) is 30.1. The van der Waals surface area contributed by atoms with E-state index in [4.69, 9.17) is 14.2 Å². The molecule has 0 fully saturated rings. The molecule has 0 aliphatic carbocycles. The Morgan fingerprint density at radius 2 is 1.43 bits per heavy atom. The lowest BCUT2D eigenvalue weighted by molar-refractivity contribution is -0.182. The molecule has 196 valence electrons. The van der Waals surface area contributed by atoms with Crippen molar-refractivity contribution in [2.24, 2.45) is 11.8 Å². The maximum absolute atomic E-state index is 12.6. The Hall–Kier alpha value is -2.94. The highest BCUT2D eigenvalue weighted by Crippen LogP contribution is 2.32. The first-order valence-corrected chi connectivity index (χ1v) is 12.1. The molecule has 1 rings (SSSR count). The zero-order valence-corrected chi connectivity index (χ0v) is 21.8. The summed E-state index contributed by atoms with van der Waals surface area (Å²) >= 11 is 0. The lowest BCUT2D eigenvalue weighted by atomic mass is 10.0. The molecule has 35 heavy (non-hydrogen) atoms. The number of benzene rings is 1. The SMILES string of the molecule is CCCC(C)C(=O)Oc1ccc(C[C@](NC(C)C)(OC(C)=O)C(=O)O)cc1OC(=O)C(C)CCC. The number of nitrogens with one attached hydrogen (secondary N) is 1. The van der Waals surface area contributed by atoms with Gasteiger partial charge in [0.05, 0.1) is 11.8 Å². The van der Waals surface area contributed by atoms with Crippen molar-refractivity contribution in [1.29, 1.82) is 0 Å². The van der Waals surface area contributed by atoms with E-state index in [0.29, 0.717) is 18.4 Å². The molecule has 0 saturated carbocycles. The number of rotatable bonds is 14. The van der Waals surface area contributed by atoms with Crippen molar-refractivity contribution in [2.75, 3.05) is 0 Å². The van der Waals surface area contributed by atoms with Gasteiger partial charge in [-0.2, -0.15) is 0 Å². The number of carboxylic acids is 1. The average Bonchev–Trinajstić information content (AvgIpc) is 2.74. The van der Waals surface area contributed by atoms with Crippen LogP contribution in [0.25, 0.3) is 0 Å². The minimum absolute atomic E-state index is 0.000776. The normalized spacial score (nSPS) is 14.5. The molecular weight excluding hydrogens is 454 g/mol. The first-order valence-electron chi connectivity index (χ1n) is 12.1. The molecule has 1 aromatic rings. The van der Waals surface area contributed by atoms with E-state index in [1.165, 1.54) is 12.1 Å². The van der Waals surface area contributed by atoms with E-state index in [1.807, 2.05) is 13.8 Å². The van der Waals surface area contributed by atoms with Crippen molar-refractivity contribution in [2.45, 2.75) is 92.3 Å². The lowest BCUT2D eigenvalue weighted by Gasteiger charge is -2.32. The fraction of sp³-hybridized carbons (Fsp3) is 0.615. The minimum atomic E-state index is -2.04. The summed E-state index contributed by atoms with van der Waals surface area (Å²) in [5.41, 5.74) is -1.64. The number of hydrogen-bond acceptors (Lipinski definition) is 8. The maximum atomic E-state index is 12.6. The molecule has 0 saturated heterocycles. The van der Waals surface area contributed by atoms with E-state index in [1.54, 1.807) is 33.8 Å². The van der Waals surface area contributed by atoms with Crippen molar-refractivity contribution < 1.29 is 38.5 Å². The Morgan fingerprint density at radius 1 is 0.914 bits per heavy atom. The molecule has 0 spiro atoms. The number of hydrogen-bond donors (Lipinski definition) is 2. The van der Waals surface area contributed by atoms with Crippen LogP contribution in [0.1, 0.15) is 79.7 Å². The Kier molecular flexibility index (Phi) is 11.9. The Bertz CT molecular complexity index is 897. The highest BCUT2D eigenvalue weighted by molar-refractivity contribution is 5.82. The summed E-state index contributed by atoms with van der Waals surface area (Å²) in [6, 6.07) is 4.11. The topological polar surface area (TPSA) is 128 Å². The smallest absolute Gasteiger partial charge is 0.364 e. The fourth-order valence-corrected chi connectivity index (χ4v) is 3.64. The number of carboxylic acid groups (broad SMARTS) is 1. The standard InChI is InChI=1S/C26H39NO8/c1-8-10-17(5)23(29)33-21-13-12-20(14-22(21)34-24(30)18(6)11-9-2)15-26(25(31)32,27-16(3)4)35-19(7)28/h12-14,16-18,27H,8-11,15H2,1-7H3,(H,31,32)/t17?,18?,26-/m0/s1. The second kappa shape index (κ2) is 13.8. The van der Waals surface area contributed by atoms with Crippen molar-refractivity contribution >= 4 is 23.9 Å². The Labute approximate surface area is 207 Å². The van der Waals surface area contributed by atoms with Gasteiger partial charge in [0.2, 0.25) is 0 Å². The van der Waals surface area contributed by atoms with Crippen LogP contribution in [0.4, 0.5) is 0 Å². The zero-order chi connectivity index (χ0) is 26.8. The summed E-state index contributed by atoms with van der Waals surface area (Å²) < 4.78 is 16.3. The molecule has 0 bridgehead atoms. The molecule has 1 aromatic carbocycles. The van der Waals surface area contributed by atoms with Crippen LogP contribution in [-0.2, 0) is 30.3 Å². The second-order valence-corrected chi connectivity index (χ2v) is 9.20. The molecule has 2 N–H and O–H groups in total. The third-order valence-electron chi connectivity index (χ3n) is 5.32. The average molecular weight is 494 g/mol. The predicted octanol–water partition coefficient (Wildman–Crippen LogP) is 4.25. The molecule has 0 aliphatic heterocycles. The summed E-state index contributed by atoms with van der Waals surface area (Å²) in [5.74, 6) is -3.76. The zero-order valence-electron chi connectivity index (χ0n) is 21.8. The van der Waals surface area contributed by atoms with Crippen LogP contribution in [-0.4, -0.2) is 40.8 Å². The van der Waals surface area contributed by atoms with E-state index < -0.39 is 29.6 Å². The first-order chi connectivity index (χ1) is 16.3. The number of carbonyl (C=O) groups excluding carboxylic acids is 3. The highest BCUT2D eigenvalue weighted by Gasteiger charge is 2.43. The lowest BCUT2D eigenvalue weighted by Crippen LogP contribution is -2.59. The van der Waals surface area contributed by atoms with Crippen LogP contribution in [0.3, 0.4) is 0 Å². The van der Waals surface area contributed by atoms with Crippen molar-refractivity contribution in [3.8, 4) is 11.5 Å². The van der Waals surface area contributed by atoms with Gasteiger partial charge in [0.1, 0.15) is 0 Å². The van der Waals surface area contributed by atoms with Crippen LogP contribution in [0.2, 0.25) is 0 Å². The largest absolute Gasteiger partial charge is 0.477 e. The van der Waals surface area contributed by atoms with Crippen LogP contribution in [0.5, 0.6) is 11.5 Å². The molecule has 0 aromatic heterocycles. The van der Waals surface area contributed by atoms with E-state index in [-0.39, 0.29) is 35.8 Å². The molecule has 9 heteroatoms. The van der Waals surface area contributed by atoms with Crippen molar-refractivity contribution in [1.82, 2.24) is 5.32 Å². The molecule has 3 atom stereocenters. The van der Waals surface area contributed by atoms with Gasteiger partial charge >= 0.3 is 23.9 Å².